The number of ether oxygens (including phenoxy) is 1. The Morgan fingerprint density at radius 2 is 2.11 bits per heavy atom. The van der Waals surface area contributed by atoms with E-state index in [2.05, 4.69) is 16.0 Å². The molecule has 1 atom stereocenters. The molecule has 0 spiro atoms. The van der Waals surface area contributed by atoms with Gasteiger partial charge in [0, 0.05) is 24.8 Å². The van der Waals surface area contributed by atoms with Gasteiger partial charge in [0.25, 0.3) is 0 Å². The summed E-state index contributed by atoms with van der Waals surface area (Å²) in [4.78, 5) is 20.9. The van der Waals surface area contributed by atoms with E-state index >= 15 is 0 Å². The molecule has 0 saturated heterocycles. The summed E-state index contributed by atoms with van der Waals surface area (Å²) >= 11 is 0. The monoisotopic (exact) mass is 378 g/mol. The molecule has 3 aromatic rings. The van der Waals surface area contributed by atoms with Crippen LogP contribution in [0.1, 0.15) is 31.4 Å². The molecular weight excluding hydrogens is 352 g/mol. The van der Waals surface area contributed by atoms with Gasteiger partial charge in [-0.15, -0.1) is 0 Å². The lowest BCUT2D eigenvalue weighted by molar-refractivity contribution is -0.128. The van der Waals surface area contributed by atoms with E-state index < -0.39 is 0 Å². The molecule has 0 amide bonds. The number of Topliss-reactive ketones (excluding diaryl/α,β-unsaturated/α-hetero) is 1. The molecule has 0 N–H and O–H groups in total. The van der Waals surface area contributed by atoms with Gasteiger partial charge < -0.3 is 9.15 Å². The van der Waals surface area contributed by atoms with Crippen molar-refractivity contribution in [2.24, 2.45) is 4.99 Å². The average molecular weight is 378 g/mol. The topological polar surface area (TPSA) is 64.7 Å². The first-order valence-electron chi connectivity index (χ1n) is 9.69. The quantitative estimate of drug-likeness (QED) is 0.502. The zero-order valence-electron chi connectivity index (χ0n) is 16.6. The van der Waals surface area contributed by atoms with Crippen molar-refractivity contribution < 1.29 is 13.9 Å². The number of nitrogens with zero attached hydrogens (tertiary/aromatic N) is 2. The number of aryl methyl sites for hydroxylation is 1. The Hall–Kier alpha value is -2.79. The summed E-state index contributed by atoms with van der Waals surface area (Å²) < 4.78 is 11.3. The highest BCUT2D eigenvalue weighted by Gasteiger charge is 2.15. The largest absolute Gasteiger partial charge is 0.436 e. The van der Waals surface area contributed by atoms with Crippen LogP contribution in [-0.2, 0) is 16.0 Å². The minimum Gasteiger partial charge on any atom is -0.436 e. The van der Waals surface area contributed by atoms with Gasteiger partial charge in [0.15, 0.2) is 11.4 Å². The zero-order chi connectivity index (χ0) is 19.9. The van der Waals surface area contributed by atoms with Gasteiger partial charge in [-0.25, -0.2) is 4.98 Å². The van der Waals surface area contributed by atoms with E-state index in [1.807, 2.05) is 57.2 Å². The lowest BCUT2D eigenvalue weighted by Crippen LogP contribution is -2.25. The van der Waals surface area contributed by atoms with Crippen LogP contribution in [0.2, 0.25) is 0 Å². The second-order valence-corrected chi connectivity index (χ2v) is 6.74. The van der Waals surface area contributed by atoms with Crippen LogP contribution < -0.4 is 0 Å². The number of rotatable bonds is 9. The number of hydrogen-bond acceptors (Lipinski definition) is 5. The summed E-state index contributed by atoms with van der Waals surface area (Å²) in [7, 11) is 0. The highest BCUT2D eigenvalue weighted by Crippen LogP contribution is 2.25. The first-order valence-corrected chi connectivity index (χ1v) is 9.69. The van der Waals surface area contributed by atoms with E-state index in [9.17, 15) is 4.79 Å². The van der Waals surface area contributed by atoms with Crippen LogP contribution in [0.4, 0.5) is 0 Å². The van der Waals surface area contributed by atoms with E-state index in [4.69, 9.17) is 9.15 Å². The lowest BCUT2D eigenvalue weighted by Gasteiger charge is -2.11. The number of aromatic nitrogens is 1. The zero-order valence-corrected chi connectivity index (χ0v) is 16.6. The van der Waals surface area contributed by atoms with Gasteiger partial charge in [-0.2, -0.15) is 0 Å². The van der Waals surface area contributed by atoms with Crippen LogP contribution in [0.25, 0.3) is 22.6 Å². The number of carbonyl (C=O) groups is 1. The number of fused-ring (bicyclic) bond motifs is 1. The molecule has 0 aliphatic rings. The van der Waals surface area contributed by atoms with Crippen LogP contribution in [0, 0.1) is 6.92 Å². The third-order valence-electron chi connectivity index (χ3n) is 4.52. The molecule has 0 fully saturated rings. The molecule has 28 heavy (non-hydrogen) atoms. The maximum Gasteiger partial charge on any atom is 0.227 e. The molecule has 1 aromatic heterocycles. The van der Waals surface area contributed by atoms with E-state index in [0.717, 1.165) is 22.2 Å². The molecule has 0 aliphatic carbocycles. The van der Waals surface area contributed by atoms with Crippen molar-refractivity contribution in [1.29, 1.82) is 0 Å². The Kier molecular flexibility index (Phi) is 6.71. The highest BCUT2D eigenvalue weighted by atomic mass is 16.5. The second kappa shape index (κ2) is 9.42. The molecule has 146 valence electrons. The Morgan fingerprint density at radius 3 is 2.86 bits per heavy atom. The molecule has 1 heterocycles. The van der Waals surface area contributed by atoms with Crippen molar-refractivity contribution in [3.05, 3.63) is 53.6 Å². The Labute approximate surface area is 165 Å². The SMILES string of the molecule is CCOC(CC)C(=O)CN=CCc1ccc2oc(-c3cccc(C)c3)nc2c1. The molecule has 5 nitrogen and oxygen atoms in total. The van der Waals surface area contributed by atoms with E-state index in [1.54, 1.807) is 6.21 Å². The van der Waals surface area contributed by atoms with Gasteiger partial charge in [-0.1, -0.05) is 30.7 Å². The normalized spacial score (nSPS) is 12.7. The molecule has 0 bridgehead atoms. The number of ketones is 1. The molecule has 3 rings (SSSR count). The van der Waals surface area contributed by atoms with Crippen molar-refractivity contribution in [3.8, 4) is 11.5 Å². The third kappa shape index (κ3) is 4.93. The Bertz CT molecular complexity index is 975. The van der Waals surface area contributed by atoms with Crippen molar-refractivity contribution in [2.45, 2.75) is 39.7 Å². The first kappa shape index (κ1) is 20.0. The maximum absolute atomic E-state index is 12.1. The van der Waals surface area contributed by atoms with Gasteiger partial charge in [0.1, 0.15) is 11.6 Å². The van der Waals surface area contributed by atoms with Gasteiger partial charge in [-0.05, 0) is 50.1 Å². The average Bonchev–Trinajstić information content (AvgIpc) is 3.12. The smallest absolute Gasteiger partial charge is 0.227 e. The van der Waals surface area contributed by atoms with Crippen LogP contribution in [0.15, 0.2) is 51.9 Å². The van der Waals surface area contributed by atoms with Crippen molar-refractivity contribution in [3.63, 3.8) is 0 Å². The number of aliphatic imine (C=N–C) groups is 1. The molecule has 0 saturated carbocycles. The molecule has 0 radical (unpaired) electrons. The van der Waals surface area contributed by atoms with E-state index in [0.29, 0.717) is 25.3 Å². The standard InChI is InChI=1S/C23H26N2O3/c1-4-21(27-5-2)20(26)15-24-12-11-17-9-10-22-19(14-17)25-23(28-22)18-8-6-7-16(3)13-18/h6-10,12-14,21H,4-5,11,15H2,1-3H3. The minimum absolute atomic E-state index is 0.0235. The Morgan fingerprint density at radius 1 is 1.25 bits per heavy atom. The first-order chi connectivity index (χ1) is 13.6. The fourth-order valence-corrected chi connectivity index (χ4v) is 3.07. The predicted molar refractivity (Wildman–Crippen MR) is 112 cm³/mol. The Balaban J connectivity index is 1.65. The number of hydrogen-bond donors (Lipinski definition) is 0. The fourth-order valence-electron chi connectivity index (χ4n) is 3.07. The molecule has 2 aromatic carbocycles. The minimum atomic E-state index is -0.353. The van der Waals surface area contributed by atoms with Crippen LogP contribution in [0.5, 0.6) is 0 Å². The van der Waals surface area contributed by atoms with Crippen LogP contribution in [-0.4, -0.2) is 36.2 Å². The van der Waals surface area contributed by atoms with Gasteiger partial charge >= 0.3 is 0 Å². The lowest BCUT2D eigenvalue weighted by atomic mass is 10.1. The third-order valence-corrected chi connectivity index (χ3v) is 4.52. The molecule has 0 aliphatic heterocycles. The van der Waals surface area contributed by atoms with Crippen molar-refractivity contribution >= 4 is 23.1 Å². The molecular formula is C23H26N2O3. The number of benzene rings is 2. The summed E-state index contributed by atoms with van der Waals surface area (Å²) in [6.07, 6.45) is 2.74. The summed E-state index contributed by atoms with van der Waals surface area (Å²) in [5, 5.41) is 0. The predicted octanol–water partition coefficient (Wildman–Crippen LogP) is 4.80. The summed E-state index contributed by atoms with van der Waals surface area (Å²) in [5.74, 6) is 0.645. The summed E-state index contributed by atoms with van der Waals surface area (Å²) in [6, 6.07) is 14.0. The summed E-state index contributed by atoms with van der Waals surface area (Å²) in [6.45, 7) is 6.58. The number of carbonyl (C=O) groups excluding carboxylic acids is 1. The number of oxazole rings is 1. The van der Waals surface area contributed by atoms with E-state index in [-0.39, 0.29) is 18.4 Å². The van der Waals surface area contributed by atoms with Crippen molar-refractivity contribution in [2.75, 3.05) is 13.2 Å². The van der Waals surface area contributed by atoms with Crippen LogP contribution >= 0.6 is 0 Å². The highest BCUT2D eigenvalue weighted by molar-refractivity contribution is 5.86. The molecule has 1 unspecified atom stereocenters. The summed E-state index contributed by atoms with van der Waals surface area (Å²) in [5.41, 5.74) is 4.79. The molecule has 5 heteroatoms. The van der Waals surface area contributed by atoms with Gasteiger partial charge in [0.2, 0.25) is 5.89 Å². The maximum atomic E-state index is 12.1. The van der Waals surface area contributed by atoms with E-state index in [1.165, 1.54) is 5.56 Å². The van der Waals surface area contributed by atoms with Crippen molar-refractivity contribution in [1.82, 2.24) is 4.98 Å². The van der Waals surface area contributed by atoms with Gasteiger partial charge in [0.05, 0.1) is 6.54 Å². The second-order valence-electron chi connectivity index (χ2n) is 6.74. The van der Waals surface area contributed by atoms with Crippen LogP contribution in [0.3, 0.4) is 0 Å². The fraction of sp³-hybridized carbons (Fsp3) is 0.348. The van der Waals surface area contributed by atoms with Gasteiger partial charge in [-0.3, -0.25) is 9.79 Å².